The standard InChI is InChI=1S/C16H21N3OS/c1-10(2)11(3)18-15(20)9-19-8-7-12-13(16(17)21)5-4-6-14(12)19/h4-8,10-11H,9H2,1-3H3,(H2,17,21)(H,18,20). The Labute approximate surface area is 130 Å². The molecule has 3 N–H and O–H groups in total. The van der Waals surface area contributed by atoms with Gasteiger partial charge in [0.1, 0.15) is 11.5 Å². The Morgan fingerprint density at radius 1 is 1.33 bits per heavy atom. The summed E-state index contributed by atoms with van der Waals surface area (Å²) in [7, 11) is 0. The number of hydrogen-bond acceptors (Lipinski definition) is 2. The van der Waals surface area contributed by atoms with Gasteiger partial charge in [0.05, 0.1) is 0 Å². The molecule has 21 heavy (non-hydrogen) atoms. The molecule has 0 saturated heterocycles. The fraction of sp³-hybridized carbons (Fsp3) is 0.375. The molecule has 4 nitrogen and oxygen atoms in total. The topological polar surface area (TPSA) is 60.0 Å². The summed E-state index contributed by atoms with van der Waals surface area (Å²) in [6.07, 6.45) is 1.89. The van der Waals surface area contributed by atoms with Crippen molar-refractivity contribution in [2.45, 2.75) is 33.4 Å². The predicted molar refractivity (Wildman–Crippen MR) is 90.3 cm³/mol. The van der Waals surface area contributed by atoms with Crippen molar-refractivity contribution in [1.29, 1.82) is 0 Å². The van der Waals surface area contributed by atoms with Gasteiger partial charge in [-0.2, -0.15) is 0 Å². The molecule has 0 radical (unpaired) electrons. The summed E-state index contributed by atoms with van der Waals surface area (Å²) in [5.41, 5.74) is 7.54. The van der Waals surface area contributed by atoms with Gasteiger partial charge in [0, 0.05) is 28.7 Å². The Balaban J connectivity index is 2.22. The van der Waals surface area contributed by atoms with Gasteiger partial charge in [0.25, 0.3) is 0 Å². The van der Waals surface area contributed by atoms with Crippen molar-refractivity contribution in [3.63, 3.8) is 0 Å². The number of aromatic nitrogens is 1. The number of benzene rings is 1. The van der Waals surface area contributed by atoms with Gasteiger partial charge >= 0.3 is 0 Å². The van der Waals surface area contributed by atoms with Crippen LogP contribution >= 0.6 is 12.2 Å². The van der Waals surface area contributed by atoms with Gasteiger partial charge in [-0.05, 0) is 25.0 Å². The van der Waals surface area contributed by atoms with Gasteiger partial charge in [-0.3, -0.25) is 4.79 Å². The molecule has 0 saturated carbocycles. The second-order valence-electron chi connectivity index (χ2n) is 5.65. The average molecular weight is 303 g/mol. The fourth-order valence-electron chi connectivity index (χ4n) is 2.20. The quantitative estimate of drug-likeness (QED) is 0.834. The van der Waals surface area contributed by atoms with E-state index in [0.717, 1.165) is 16.5 Å². The summed E-state index contributed by atoms with van der Waals surface area (Å²) in [5.74, 6) is 0.422. The van der Waals surface area contributed by atoms with E-state index in [9.17, 15) is 4.79 Å². The summed E-state index contributed by atoms with van der Waals surface area (Å²) in [4.78, 5) is 12.5. The first-order chi connectivity index (χ1) is 9.90. The van der Waals surface area contributed by atoms with Crippen LogP contribution in [0.5, 0.6) is 0 Å². The monoisotopic (exact) mass is 303 g/mol. The number of fused-ring (bicyclic) bond motifs is 1. The fourth-order valence-corrected chi connectivity index (χ4v) is 2.38. The highest BCUT2D eigenvalue weighted by atomic mass is 32.1. The summed E-state index contributed by atoms with van der Waals surface area (Å²) in [5, 5.41) is 3.99. The van der Waals surface area contributed by atoms with Gasteiger partial charge in [0.2, 0.25) is 5.91 Å². The van der Waals surface area contributed by atoms with E-state index in [0.29, 0.717) is 17.5 Å². The minimum absolute atomic E-state index is 0.00873. The third-order valence-electron chi connectivity index (χ3n) is 3.78. The SMILES string of the molecule is CC(C)C(C)NC(=O)Cn1ccc2c(C(N)=S)cccc21. The van der Waals surface area contributed by atoms with Crippen molar-refractivity contribution in [2.24, 2.45) is 11.7 Å². The van der Waals surface area contributed by atoms with Crippen molar-refractivity contribution in [3.05, 3.63) is 36.0 Å². The largest absolute Gasteiger partial charge is 0.389 e. The molecule has 0 aliphatic carbocycles. The highest BCUT2D eigenvalue weighted by molar-refractivity contribution is 7.80. The first-order valence-electron chi connectivity index (χ1n) is 7.07. The number of carbonyl (C=O) groups is 1. The maximum atomic E-state index is 12.1. The van der Waals surface area contributed by atoms with E-state index in [2.05, 4.69) is 19.2 Å². The zero-order chi connectivity index (χ0) is 15.6. The first-order valence-corrected chi connectivity index (χ1v) is 7.48. The maximum absolute atomic E-state index is 12.1. The number of hydrogen-bond donors (Lipinski definition) is 2. The number of amides is 1. The van der Waals surface area contributed by atoms with Crippen LogP contribution in [0.25, 0.3) is 10.9 Å². The summed E-state index contributed by atoms with van der Waals surface area (Å²) < 4.78 is 1.92. The molecule has 1 amide bonds. The van der Waals surface area contributed by atoms with Crippen molar-refractivity contribution < 1.29 is 4.79 Å². The molecular weight excluding hydrogens is 282 g/mol. The molecule has 5 heteroatoms. The van der Waals surface area contributed by atoms with Crippen LogP contribution in [0.2, 0.25) is 0 Å². The zero-order valence-corrected chi connectivity index (χ0v) is 13.4. The molecule has 0 aliphatic heterocycles. The van der Waals surface area contributed by atoms with Gasteiger partial charge < -0.3 is 15.6 Å². The van der Waals surface area contributed by atoms with Crippen molar-refractivity contribution in [3.8, 4) is 0 Å². The van der Waals surface area contributed by atoms with E-state index in [4.69, 9.17) is 18.0 Å². The molecular formula is C16H21N3OS. The number of thiocarbonyl (C=S) groups is 1. The van der Waals surface area contributed by atoms with Gasteiger partial charge in [-0.25, -0.2) is 0 Å². The van der Waals surface area contributed by atoms with Gasteiger partial charge in [0.15, 0.2) is 0 Å². The minimum atomic E-state index is 0.00873. The molecule has 0 aliphatic rings. The maximum Gasteiger partial charge on any atom is 0.240 e. The Morgan fingerprint density at radius 2 is 2.05 bits per heavy atom. The third kappa shape index (κ3) is 3.42. The van der Waals surface area contributed by atoms with Crippen LogP contribution < -0.4 is 11.1 Å². The lowest BCUT2D eigenvalue weighted by Crippen LogP contribution is -2.38. The minimum Gasteiger partial charge on any atom is -0.389 e. The van der Waals surface area contributed by atoms with E-state index < -0.39 is 0 Å². The number of nitrogens with one attached hydrogen (secondary N) is 1. The molecule has 112 valence electrons. The molecule has 0 spiro atoms. The molecule has 1 unspecified atom stereocenters. The lowest BCUT2D eigenvalue weighted by atomic mass is 10.1. The van der Waals surface area contributed by atoms with Crippen molar-refractivity contribution in [2.75, 3.05) is 0 Å². The Morgan fingerprint density at radius 3 is 2.67 bits per heavy atom. The number of nitrogens with zero attached hydrogens (tertiary/aromatic N) is 1. The predicted octanol–water partition coefficient (Wildman–Crippen LogP) is 2.44. The summed E-state index contributed by atoms with van der Waals surface area (Å²) in [6.45, 7) is 6.48. The second kappa shape index (κ2) is 6.26. The molecule has 2 rings (SSSR count). The van der Waals surface area contributed by atoms with Crippen LogP contribution in [0.1, 0.15) is 26.3 Å². The van der Waals surface area contributed by atoms with E-state index in [1.165, 1.54) is 0 Å². The Kier molecular flexibility index (Phi) is 4.63. The lowest BCUT2D eigenvalue weighted by Gasteiger charge is -2.17. The lowest BCUT2D eigenvalue weighted by molar-refractivity contribution is -0.122. The van der Waals surface area contributed by atoms with Gasteiger partial charge in [-0.15, -0.1) is 0 Å². The third-order valence-corrected chi connectivity index (χ3v) is 4.00. The highest BCUT2D eigenvalue weighted by Crippen LogP contribution is 2.20. The molecule has 1 aromatic carbocycles. The van der Waals surface area contributed by atoms with Crippen LogP contribution in [0.3, 0.4) is 0 Å². The van der Waals surface area contributed by atoms with E-state index in [1.807, 2.05) is 42.0 Å². The smallest absolute Gasteiger partial charge is 0.240 e. The summed E-state index contributed by atoms with van der Waals surface area (Å²) in [6, 6.07) is 7.88. The Bertz CT molecular complexity index is 675. The molecule has 0 bridgehead atoms. The van der Waals surface area contributed by atoms with Crippen molar-refractivity contribution in [1.82, 2.24) is 9.88 Å². The second-order valence-corrected chi connectivity index (χ2v) is 6.09. The average Bonchev–Trinajstić information content (AvgIpc) is 2.81. The van der Waals surface area contributed by atoms with E-state index in [-0.39, 0.29) is 11.9 Å². The van der Waals surface area contributed by atoms with Gasteiger partial charge in [-0.1, -0.05) is 38.2 Å². The molecule has 1 aromatic heterocycles. The Hall–Kier alpha value is -1.88. The molecule has 2 aromatic rings. The zero-order valence-electron chi connectivity index (χ0n) is 12.6. The molecule has 1 atom stereocenters. The number of rotatable bonds is 5. The summed E-state index contributed by atoms with van der Waals surface area (Å²) >= 11 is 5.06. The number of nitrogens with two attached hydrogens (primary N) is 1. The van der Waals surface area contributed by atoms with Crippen LogP contribution in [0.4, 0.5) is 0 Å². The van der Waals surface area contributed by atoms with Crippen LogP contribution in [0.15, 0.2) is 30.5 Å². The van der Waals surface area contributed by atoms with E-state index >= 15 is 0 Å². The molecule has 1 heterocycles. The van der Waals surface area contributed by atoms with E-state index in [1.54, 1.807) is 0 Å². The van der Waals surface area contributed by atoms with Crippen LogP contribution in [-0.2, 0) is 11.3 Å². The van der Waals surface area contributed by atoms with Crippen LogP contribution in [0, 0.1) is 5.92 Å². The van der Waals surface area contributed by atoms with Crippen molar-refractivity contribution >= 4 is 34.0 Å². The number of carbonyl (C=O) groups excluding carboxylic acids is 1. The highest BCUT2D eigenvalue weighted by Gasteiger charge is 2.13. The normalized spacial score (nSPS) is 12.6. The first kappa shape index (κ1) is 15.5. The van der Waals surface area contributed by atoms with Crippen LogP contribution in [-0.4, -0.2) is 21.5 Å². The molecule has 0 fully saturated rings.